The fraction of sp³-hybridized carbons (Fsp3) is 0.909. The molecule has 0 aliphatic heterocycles. The molecule has 0 fully saturated rings. The van der Waals surface area contributed by atoms with Gasteiger partial charge in [0, 0.05) is 5.54 Å². The topological polar surface area (TPSA) is 38.3 Å². The summed E-state index contributed by atoms with van der Waals surface area (Å²) < 4.78 is 5.21. The Bertz CT molecular complexity index is 184. The Morgan fingerprint density at radius 3 is 2.21 bits per heavy atom. The van der Waals surface area contributed by atoms with Crippen LogP contribution in [-0.4, -0.2) is 23.7 Å². The molecule has 0 spiro atoms. The number of carbonyl (C=O) groups excluding carboxylic acids is 1. The van der Waals surface area contributed by atoms with Gasteiger partial charge in [-0.05, 0) is 41.0 Å². The first-order valence-corrected chi connectivity index (χ1v) is 5.24. The minimum absolute atomic E-state index is 0.00622. The van der Waals surface area contributed by atoms with Gasteiger partial charge >= 0.3 is 5.97 Å². The van der Waals surface area contributed by atoms with E-state index in [1.54, 1.807) is 0 Å². The van der Waals surface area contributed by atoms with Crippen molar-refractivity contribution >= 4 is 5.97 Å². The van der Waals surface area contributed by atoms with Gasteiger partial charge in [0.15, 0.2) is 0 Å². The predicted octanol–water partition coefficient (Wildman–Crippen LogP) is 2.10. The number of esters is 1. The molecule has 3 heteroatoms. The van der Waals surface area contributed by atoms with Crippen molar-refractivity contribution in [3.05, 3.63) is 0 Å². The molecule has 0 unspecified atom stereocenters. The van der Waals surface area contributed by atoms with Gasteiger partial charge in [0.2, 0.25) is 0 Å². The third-order valence-electron chi connectivity index (χ3n) is 1.90. The van der Waals surface area contributed by atoms with Crippen LogP contribution in [0.15, 0.2) is 0 Å². The lowest BCUT2D eigenvalue weighted by Gasteiger charge is -2.25. The van der Waals surface area contributed by atoms with E-state index < -0.39 is 0 Å². The van der Waals surface area contributed by atoms with Gasteiger partial charge in [0.25, 0.3) is 0 Å². The molecule has 0 aromatic rings. The van der Waals surface area contributed by atoms with Gasteiger partial charge in [0.05, 0.1) is 6.10 Å². The molecule has 0 aromatic carbocycles. The lowest BCUT2D eigenvalue weighted by Crippen LogP contribution is -2.47. The zero-order chi connectivity index (χ0) is 11.4. The molecule has 14 heavy (non-hydrogen) atoms. The Labute approximate surface area is 87.2 Å². The molecule has 0 saturated carbocycles. The second-order valence-electron chi connectivity index (χ2n) is 4.77. The highest BCUT2D eigenvalue weighted by molar-refractivity contribution is 5.75. The predicted molar refractivity (Wildman–Crippen MR) is 58.2 cm³/mol. The first-order chi connectivity index (χ1) is 6.26. The summed E-state index contributed by atoms with van der Waals surface area (Å²) in [5.41, 5.74) is -0.0616. The standard InChI is InChI=1S/C11H23NO2/c1-7-8(2)14-10(13)9(3)12-11(4,5)6/h8-9,12H,7H2,1-6H3/t8-,9+/m1/s1. The van der Waals surface area contributed by atoms with Crippen LogP contribution in [0, 0.1) is 0 Å². The van der Waals surface area contributed by atoms with E-state index in [0.717, 1.165) is 6.42 Å². The number of hydrogen-bond donors (Lipinski definition) is 1. The highest BCUT2D eigenvalue weighted by atomic mass is 16.5. The Morgan fingerprint density at radius 2 is 1.86 bits per heavy atom. The second-order valence-corrected chi connectivity index (χ2v) is 4.77. The number of nitrogens with one attached hydrogen (secondary N) is 1. The maximum Gasteiger partial charge on any atom is 0.323 e. The monoisotopic (exact) mass is 201 g/mol. The summed E-state index contributed by atoms with van der Waals surface area (Å²) in [6, 6.07) is -0.246. The van der Waals surface area contributed by atoms with E-state index in [1.807, 2.05) is 41.5 Å². The summed E-state index contributed by atoms with van der Waals surface area (Å²) in [6.45, 7) is 11.8. The summed E-state index contributed by atoms with van der Waals surface area (Å²) in [5, 5.41) is 3.17. The number of rotatable bonds is 4. The van der Waals surface area contributed by atoms with E-state index in [0.29, 0.717) is 0 Å². The van der Waals surface area contributed by atoms with Gasteiger partial charge in [-0.15, -0.1) is 0 Å². The van der Waals surface area contributed by atoms with E-state index in [-0.39, 0.29) is 23.7 Å². The third kappa shape index (κ3) is 5.97. The van der Waals surface area contributed by atoms with E-state index >= 15 is 0 Å². The van der Waals surface area contributed by atoms with Gasteiger partial charge in [-0.2, -0.15) is 0 Å². The molecule has 0 aliphatic rings. The largest absolute Gasteiger partial charge is 0.462 e. The van der Waals surface area contributed by atoms with Gasteiger partial charge in [-0.3, -0.25) is 10.1 Å². The Kier molecular flexibility index (Phi) is 5.13. The smallest absolute Gasteiger partial charge is 0.323 e. The van der Waals surface area contributed by atoms with Crippen LogP contribution >= 0.6 is 0 Å². The normalized spacial score (nSPS) is 16.1. The van der Waals surface area contributed by atoms with Crippen LogP contribution < -0.4 is 5.32 Å². The SMILES string of the molecule is CC[C@@H](C)OC(=O)[C@H](C)NC(C)(C)C. The number of hydrogen-bond acceptors (Lipinski definition) is 3. The van der Waals surface area contributed by atoms with E-state index in [9.17, 15) is 4.79 Å². The molecule has 2 atom stereocenters. The average molecular weight is 201 g/mol. The highest BCUT2D eigenvalue weighted by Crippen LogP contribution is 2.04. The maximum atomic E-state index is 11.5. The minimum atomic E-state index is -0.246. The first kappa shape index (κ1) is 13.4. The van der Waals surface area contributed by atoms with Gasteiger partial charge in [-0.25, -0.2) is 0 Å². The fourth-order valence-corrected chi connectivity index (χ4v) is 1.09. The molecule has 84 valence electrons. The van der Waals surface area contributed by atoms with Crippen LogP contribution in [0.25, 0.3) is 0 Å². The van der Waals surface area contributed by atoms with Crippen LogP contribution in [0.1, 0.15) is 48.0 Å². The molecule has 0 amide bonds. The molecule has 0 aliphatic carbocycles. The van der Waals surface area contributed by atoms with Crippen molar-refractivity contribution in [3.63, 3.8) is 0 Å². The molecule has 0 heterocycles. The van der Waals surface area contributed by atoms with Crippen molar-refractivity contribution in [2.75, 3.05) is 0 Å². The summed E-state index contributed by atoms with van der Waals surface area (Å²) in [7, 11) is 0. The van der Waals surface area contributed by atoms with Crippen LogP contribution in [0.5, 0.6) is 0 Å². The molecule has 0 radical (unpaired) electrons. The van der Waals surface area contributed by atoms with Crippen molar-refractivity contribution in [1.29, 1.82) is 0 Å². The summed E-state index contributed by atoms with van der Waals surface area (Å²) in [5.74, 6) is -0.172. The maximum absolute atomic E-state index is 11.5. The first-order valence-electron chi connectivity index (χ1n) is 5.24. The fourth-order valence-electron chi connectivity index (χ4n) is 1.09. The van der Waals surface area contributed by atoms with Crippen LogP contribution in [0.2, 0.25) is 0 Å². The quantitative estimate of drug-likeness (QED) is 0.708. The van der Waals surface area contributed by atoms with Crippen molar-refractivity contribution in [2.45, 2.75) is 65.6 Å². The highest BCUT2D eigenvalue weighted by Gasteiger charge is 2.21. The van der Waals surface area contributed by atoms with Crippen molar-refractivity contribution < 1.29 is 9.53 Å². The molecule has 0 rings (SSSR count). The van der Waals surface area contributed by atoms with Gasteiger partial charge in [0.1, 0.15) is 6.04 Å². The van der Waals surface area contributed by atoms with Crippen LogP contribution in [0.3, 0.4) is 0 Å². The Morgan fingerprint density at radius 1 is 1.36 bits per heavy atom. The molecule has 1 N–H and O–H groups in total. The molecule has 3 nitrogen and oxygen atoms in total. The van der Waals surface area contributed by atoms with E-state index in [4.69, 9.17) is 4.74 Å². The van der Waals surface area contributed by atoms with Gasteiger partial charge in [-0.1, -0.05) is 6.92 Å². The number of ether oxygens (including phenoxy) is 1. The third-order valence-corrected chi connectivity index (χ3v) is 1.90. The molecule has 0 saturated heterocycles. The summed E-state index contributed by atoms with van der Waals surface area (Å²) >= 11 is 0. The summed E-state index contributed by atoms with van der Waals surface area (Å²) in [6.07, 6.45) is 0.861. The molecular formula is C11H23NO2. The van der Waals surface area contributed by atoms with Gasteiger partial charge < -0.3 is 4.74 Å². The number of carbonyl (C=O) groups is 1. The summed E-state index contributed by atoms with van der Waals surface area (Å²) in [4.78, 5) is 11.5. The van der Waals surface area contributed by atoms with Crippen LogP contribution in [0.4, 0.5) is 0 Å². The Hall–Kier alpha value is -0.570. The lowest BCUT2D eigenvalue weighted by molar-refractivity contribution is -0.150. The lowest BCUT2D eigenvalue weighted by atomic mass is 10.1. The van der Waals surface area contributed by atoms with Crippen LogP contribution in [-0.2, 0) is 9.53 Å². The second kappa shape index (κ2) is 5.35. The average Bonchev–Trinajstić information content (AvgIpc) is 2.00. The zero-order valence-electron chi connectivity index (χ0n) is 10.2. The van der Waals surface area contributed by atoms with E-state index in [1.165, 1.54) is 0 Å². The zero-order valence-corrected chi connectivity index (χ0v) is 10.2. The molecular weight excluding hydrogens is 178 g/mol. The van der Waals surface area contributed by atoms with Crippen molar-refractivity contribution in [3.8, 4) is 0 Å². The molecule has 0 bridgehead atoms. The van der Waals surface area contributed by atoms with E-state index in [2.05, 4.69) is 5.32 Å². The van der Waals surface area contributed by atoms with Crippen molar-refractivity contribution in [1.82, 2.24) is 5.32 Å². The molecule has 0 aromatic heterocycles. The van der Waals surface area contributed by atoms with Crippen molar-refractivity contribution in [2.24, 2.45) is 0 Å². The minimum Gasteiger partial charge on any atom is -0.462 e. The Balaban J connectivity index is 4.00.